The van der Waals surface area contributed by atoms with E-state index in [-0.39, 0.29) is 12.5 Å². The number of rotatable bonds is 4. The zero-order chi connectivity index (χ0) is 20.8. The summed E-state index contributed by atoms with van der Waals surface area (Å²) in [6, 6.07) is -0.934. The number of likely N-dealkylation sites (N-methyl/N-ethyl adjacent to an activating group) is 1. The molecule has 0 unspecified atom stereocenters. The number of carbonyl (C=O) groups is 3. The normalized spacial score (nSPS) is 17.1. The summed E-state index contributed by atoms with van der Waals surface area (Å²) in [7, 11) is 1.99. The van der Waals surface area contributed by atoms with Crippen molar-refractivity contribution >= 4 is 18.1 Å². The molecule has 1 atom stereocenters. The summed E-state index contributed by atoms with van der Waals surface area (Å²) in [4.78, 5) is 40.7. The molecule has 156 valence electrons. The van der Waals surface area contributed by atoms with Gasteiger partial charge in [0.1, 0.15) is 17.2 Å². The molecule has 9 nitrogen and oxygen atoms in total. The first-order valence-electron chi connectivity index (χ1n) is 9.20. The van der Waals surface area contributed by atoms with Crippen LogP contribution in [0.2, 0.25) is 0 Å². The van der Waals surface area contributed by atoms with Crippen LogP contribution in [-0.2, 0) is 14.3 Å². The van der Waals surface area contributed by atoms with E-state index in [1.807, 2.05) is 7.05 Å². The zero-order valence-electron chi connectivity index (χ0n) is 17.5. The molecule has 1 heterocycles. The minimum atomic E-state index is -0.934. The summed E-state index contributed by atoms with van der Waals surface area (Å²) in [5.74, 6) is -0.259. The van der Waals surface area contributed by atoms with Crippen molar-refractivity contribution in [3.63, 3.8) is 0 Å². The first kappa shape index (κ1) is 23.0. The Hall–Kier alpha value is -2.03. The molecule has 9 heteroatoms. The van der Waals surface area contributed by atoms with Crippen molar-refractivity contribution in [1.29, 1.82) is 0 Å². The fraction of sp³-hybridized carbons (Fsp3) is 0.833. The molecule has 1 aliphatic heterocycles. The summed E-state index contributed by atoms with van der Waals surface area (Å²) in [5, 5.41) is 5.11. The van der Waals surface area contributed by atoms with Crippen LogP contribution in [0.1, 0.15) is 41.5 Å². The Morgan fingerprint density at radius 3 is 1.85 bits per heavy atom. The maximum absolute atomic E-state index is 12.8. The molecule has 0 aliphatic carbocycles. The highest BCUT2D eigenvalue weighted by Gasteiger charge is 2.30. The molecule has 1 saturated heterocycles. The minimum Gasteiger partial charge on any atom is -0.444 e. The van der Waals surface area contributed by atoms with Crippen LogP contribution in [0, 0.1) is 0 Å². The highest BCUT2D eigenvalue weighted by Crippen LogP contribution is 2.09. The minimum absolute atomic E-state index is 0.0840. The fourth-order valence-corrected chi connectivity index (χ4v) is 2.40. The van der Waals surface area contributed by atoms with E-state index in [9.17, 15) is 14.4 Å². The van der Waals surface area contributed by atoms with Crippen molar-refractivity contribution in [3.8, 4) is 0 Å². The molecule has 0 saturated carbocycles. The Morgan fingerprint density at radius 2 is 1.37 bits per heavy atom. The van der Waals surface area contributed by atoms with Crippen molar-refractivity contribution in [2.24, 2.45) is 0 Å². The third kappa shape index (κ3) is 9.46. The Labute approximate surface area is 161 Å². The van der Waals surface area contributed by atoms with Gasteiger partial charge in [-0.25, -0.2) is 9.59 Å². The molecule has 0 bridgehead atoms. The van der Waals surface area contributed by atoms with Crippen LogP contribution < -0.4 is 10.6 Å². The van der Waals surface area contributed by atoms with Gasteiger partial charge in [-0.05, 0) is 48.6 Å². The van der Waals surface area contributed by atoms with E-state index < -0.39 is 29.4 Å². The molecule has 1 rings (SSSR count). The summed E-state index contributed by atoms with van der Waals surface area (Å²) >= 11 is 0. The van der Waals surface area contributed by atoms with Crippen LogP contribution in [0.25, 0.3) is 0 Å². The van der Waals surface area contributed by atoms with Gasteiger partial charge < -0.3 is 29.9 Å². The number of carbonyl (C=O) groups excluding carboxylic acids is 3. The molecule has 1 fully saturated rings. The van der Waals surface area contributed by atoms with E-state index in [4.69, 9.17) is 9.47 Å². The fourth-order valence-electron chi connectivity index (χ4n) is 2.40. The van der Waals surface area contributed by atoms with Gasteiger partial charge in [0.15, 0.2) is 0 Å². The highest BCUT2D eigenvalue weighted by atomic mass is 16.6. The number of amides is 3. The van der Waals surface area contributed by atoms with Crippen LogP contribution in [-0.4, -0.2) is 84.9 Å². The largest absolute Gasteiger partial charge is 0.444 e. The third-order valence-corrected chi connectivity index (χ3v) is 3.65. The van der Waals surface area contributed by atoms with Gasteiger partial charge in [-0.2, -0.15) is 0 Å². The number of ether oxygens (including phenoxy) is 2. The lowest BCUT2D eigenvalue weighted by molar-refractivity contribution is -0.134. The number of hydrogen-bond acceptors (Lipinski definition) is 6. The van der Waals surface area contributed by atoms with Crippen molar-refractivity contribution in [1.82, 2.24) is 20.4 Å². The van der Waals surface area contributed by atoms with E-state index in [0.717, 1.165) is 13.1 Å². The first-order chi connectivity index (χ1) is 12.3. The molecule has 0 radical (unpaired) electrons. The van der Waals surface area contributed by atoms with E-state index in [1.165, 1.54) is 0 Å². The van der Waals surface area contributed by atoms with Gasteiger partial charge in [0, 0.05) is 26.2 Å². The molecule has 1 aliphatic rings. The third-order valence-electron chi connectivity index (χ3n) is 3.65. The van der Waals surface area contributed by atoms with Crippen molar-refractivity contribution < 1.29 is 23.9 Å². The number of nitrogens with zero attached hydrogens (tertiary/aromatic N) is 2. The van der Waals surface area contributed by atoms with Gasteiger partial charge >= 0.3 is 12.2 Å². The summed E-state index contributed by atoms with van der Waals surface area (Å²) in [5.41, 5.74) is -1.34. The average molecular weight is 386 g/mol. The lowest BCUT2D eigenvalue weighted by Gasteiger charge is -2.35. The predicted molar refractivity (Wildman–Crippen MR) is 101 cm³/mol. The van der Waals surface area contributed by atoms with Gasteiger partial charge in [-0.3, -0.25) is 4.79 Å². The van der Waals surface area contributed by atoms with Crippen molar-refractivity contribution in [3.05, 3.63) is 0 Å². The van der Waals surface area contributed by atoms with E-state index in [1.54, 1.807) is 46.4 Å². The maximum Gasteiger partial charge on any atom is 0.408 e. The molecule has 3 amide bonds. The molecular weight excluding hydrogens is 352 g/mol. The standard InChI is InChI=1S/C18H34N4O5/c1-17(2,3)26-15(24)19-12-13(20-16(25)27-18(4,5)6)14(23)22-10-8-21(7)9-11-22/h13H,8-12H2,1-7H3,(H,19,24)(H,20,25)/t13-/m1/s1. The van der Waals surface area contributed by atoms with E-state index in [2.05, 4.69) is 15.5 Å². The van der Waals surface area contributed by atoms with Crippen LogP contribution in [0.4, 0.5) is 9.59 Å². The molecule has 0 aromatic heterocycles. The van der Waals surface area contributed by atoms with Crippen molar-refractivity contribution in [2.75, 3.05) is 39.8 Å². The second-order valence-corrected chi connectivity index (χ2v) is 8.71. The lowest BCUT2D eigenvalue weighted by atomic mass is 10.2. The highest BCUT2D eigenvalue weighted by molar-refractivity contribution is 5.86. The van der Waals surface area contributed by atoms with Gasteiger partial charge in [-0.15, -0.1) is 0 Å². The molecular formula is C18H34N4O5. The van der Waals surface area contributed by atoms with Gasteiger partial charge in [0.2, 0.25) is 5.91 Å². The van der Waals surface area contributed by atoms with Gasteiger partial charge in [0.25, 0.3) is 0 Å². The molecule has 27 heavy (non-hydrogen) atoms. The maximum atomic E-state index is 12.8. The SMILES string of the molecule is CN1CCN(C(=O)[C@@H](CNC(=O)OC(C)(C)C)NC(=O)OC(C)(C)C)CC1. The van der Waals surface area contributed by atoms with Crippen LogP contribution >= 0.6 is 0 Å². The smallest absolute Gasteiger partial charge is 0.408 e. The second kappa shape index (κ2) is 9.25. The molecule has 0 aromatic carbocycles. The van der Waals surface area contributed by atoms with Gasteiger partial charge in [-0.1, -0.05) is 0 Å². The molecule has 0 aromatic rings. The summed E-state index contributed by atoms with van der Waals surface area (Å²) in [6.45, 7) is 13.0. The Bertz CT molecular complexity index is 531. The topological polar surface area (TPSA) is 100 Å². The Morgan fingerprint density at radius 1 is 0.889 bits per heavy atom. The summed E-state index contributed by atoms with van der Waals surface area (Å²) < 4.78 is 10.4. The number of piperazine rings is 1. The first-order valence-corrected chi connectivity index (χ1v) is 9.20. The quantitative estimate of drug-likeness (QED) is 0.753. The average Bonchev–Trinajstić information content (AvgIpc) is 2.48. The predicted octanol–water partition coefficient (Wildman–Crippen LogP) is 1.18. The van der Waals surface area contributed by atoms with Crippen LogP contribution in [0.15, 0.2) is 0 Å². The molecule has 0 spiro atoms. The number of nitrogens with one attached hydrogen (secondary N) is 2. The number of hydrogen-bond donors (Lipinski definition) is 2. The molecule has 2 N–H and O–H groups in total. The van der Waals surface area contributed by atoms with E-state index >= 15 is 0 Å². The zero-order valence-corrected chi connectivity index (χ0v) is 17.5. The van der Waals surface area contributed by atoms with Crippen LogP contribution in [0.3, 0.4) is 0 Å². The Kier molecular flexibility index (Phi) is 7.89. The summed E-state index contributed by atoms with van der Waals surface area (Å²) in [6.07, 6.45) is -1.36. The monoisotopic (exact) mass is 386 g/mol. The Balaban J connectivity index is 2.74. The lowest BCUT2D eigenvalue weighted by Crippen LogP contribution is -2.58. The second-order valence-electron chi connectivity index (χ2n) is 8.71. The van der Waals surface area contributed by atoms with Gasteiger partial charge in [0.05, 0.1) is 6.54 Å². The van der Waals surface area contributed by atoms with Crippen molar-refractivity contribution in [2.45, 2.75) is 58.8 Å². The number of alkyl carbamates (subject to hydrolysis) is 2. The van der Waals surface area contributed by atoms with E-state index in [0.29, 0.717) is 13.1 Å². The van der Waals surface area contributed by atoms with Crippen LogP contribution in [0.5, 0.6) is 0 Å².